The molecule has 5 heteroatoms. The summed E-state index contributed by atoms with van der Waals surface area (Å²) in [7, 11) is 1.67. The predicted octanol–water partition coefficient (Wildman–Crippen LogP) is 4.02. The molecule has 2 aromatic carbocycles. The van der Waals surface area contributed by atoms with Crippen LogP contribution in [0.4, 0.5) is 0 Å². The van der Waals surface area contributed by atoms with Gasteiger partial charge in [-0.1, -0.05) is 24.3 Å². The third-order valence-corrected chi connectivity index (χ3v) is 5.35. The van der Waals surface area contributed by atoms with E-state index in [2.05, 4.69) is 38.3 Å². The van der Waals surface area contributed by atoms with Gasteiger partial charge in [0.15, 0.2) is 0 Å². The standard InChI is InChI=1S/C20H23BrN2O2/c1-25-16-10-8-15(9-11-16)19(23-12-4-5-13-23)14-22-20(24)17-6-2-3-7-18(17)21/h2-3,6-11,19H,4-5,12-14H2,1H3,(H,22,24)/t19-/m1/s1. The zero-order valence-electron chi connectivity index (χ0n) is 14.4. The van der Waals surface area contributed by atoms with E-state index in [9.17, 15) is 4.79 Å². The van der Waals surface area contributed by atoms with E-state index in [1.165, 1.54) is 18.4 Å². The lowest BCUT2D eigenvalue weighted by Gasteiger charge is -2.28. The summed E-state index contributed by atoms with van der Waals surface area (Å²) < 4.78 is 6.07. The van der Waals surface area contributed by atoms with E-state index in [1.807, 2.05) is 36.4 Å². The maximum Gasteiger partial charge on any atom is 0.252 e. The summed E-state index contributed by atoms with van der Waals surface area (Å²) in [6, 6.07) is 15.8. The molecule has 1 N–H and O–H groups in total. The topological polar surface area (TPSA) is 41.6 Å². The number of nitrogens with one attached hydrogen (secondary N) is 1. The summed E-state index contributed by atoms with van der Waals surface area (Å²) in [6.45, 7) is 2.73. The maximum atomic E-state index is 12.5. The van der Waals surface area contributed by atoms with Gasteiger partial charge in [0.2, 0.25) is 0 Å². The van der Waals surface area contributed by atoms with Crippen molar-refractivity contribution in [3.63, 3.8) is 0 Å². The van der Waals surface area contributed by atoms with Crippen molar-refractivity contribution < 1.29 is 9.53 Å². The van der Waals surface area contributed by atoms with Gasteiger partial charge in [0.1, 0.15) is 5.75 Å². The summed E-state index contributed by atoms with van der Waals surface area (Å²) in [5, 5.41) is 3.10. The molecule has 0 aliphatic carbocycles. The van der Waals surface area contributed by atoms with Crippen molar-refractivity contribution in [2.24, 2.45) is 0 Å². The molecule has 1 atom stereocenters. The minimum Gasteiger partial charge on any atom is -0.497 e. The molecule has 1 saturated heterocycles. The highest BCUT2D eigenvalue weighted by atomic mass is 79.9. The van der Waals surface area contributed by atoms with Crippen molar-refractivity contribution in [1.82, 2.24) is 10.2 Å². The van der Waals surface area contributed by atoms with Crippen LogP contribution < -0.4 is 10.1 Å². The number of methoxy groups -OCH3 is 1. The van der Waals surface area contributed by atoms with E-state index in [4.69, 9.17) is 4.74 Å². The number of halogens is 1. The predicted molar refractivity (Wildman–Crippen MR) is 103 cm³/mol. The van der Waals surface area contributed by atoms with Crippen molar-refractivity contribution in [2.45, 2.75) is 18.9 Å². The number of ether oxygens (including phenoxy) is 1. The molecule has 132 valence electrons. The Labute approximate surface area is 157 Å². The molecule has 1 fully saturated rings. The van der Waals surface area contributed by atoms with Crippen molar-refractivity contribution in [3.05, 3.63) is 64.1 Å². The molecular weight excluding hydrogens is 380 g/mol. The fourth-order valence-corrected chi connectivity index (χ4v) is 3.73. The molecule has 2 aromatic rings. The fraction of sp³-hybridized carbons (Fsp3) is 0.350. The molecule has 0 saturated carbocycles. The molecule has 25 heavy (non-hydrogen) atoms. The van der Waals surface area contributed by atoms with E-state index >= 15 is 0 Å². The van der Waals surface area contributed by atoms with E-state index in [1.54, 1.807) is 7.11 Å². The Bertz CT molecular complexity index is 712. The average molecular weight is 403 g/mol. The quantitative estimate of drug-likeness (QED) is 0.792. The van der Waals surface area contributed by atoms with Gasteiger partial charge in [-0.3, -0.25) is 9.69 Å². The van der Waals surface area contributed by atoms with Crippen LogP contribution in [-0.4, -0.2) is 37.6 Å². The largest absolute Gasteiger partial charge is 0.497 e. The Hall–Kier alpha value is -1.85. The first-order valence-corrected chi connectivity index (χ1v) is 9.39. The molecule has 1 aliphatic heterocycles. The van der Waals surface area contributed by atoms with Gasteiger partial charge in [-0.15, -0.1) is 0 Å². The Morgan fingerprint density at radius 3 is 2.48 bits per heavy atom. The minimum atomic E-state index is -0.0508. The number of likely N-dealkylation sites (tertiary alicyclic amines) is 1. The molecule has 4 nitrogen and oxygen atoms in total. The lowest BCUT2D eigenvalue weighted by atomic mass is 10.0. The lowest BCUT2D eigenvalue weighted by molar-refractivity contribution is 0.0937. The number of hydrogen-bond acceptors (Lipinski definition) is 3. The normalized spacial score (nSPS) is 15.8. The monoisotopic (exact) mass is 402 g/mol. The molecule has 1 amide bonds. The Morgan fingerprint density at radius 1 is 1.16 bits per heavy atom. The van der Waals surface area contributed by atoms with Crippen LogP contribution in [-0.2, 0) is 0 Å². The van der Waals surface area contributed by atoms with Crippen LogP contribution in [0, 0.1) is 0 Å². The SMILES string of the molecule is COc1ccc([C@@H](CNC(=O)c2ccccc2Br)N2CCCC2)cc1. The average Bonchev–Trinajstić information content (AvgIpc) is 3.17. The molecule has 3 rings (SSSR count). The Kier molecular flexibility index (Phi) is 6.10. The first-order valence-electron chi connectivity index (χ1n) is 8.60. The molecule has 0 aromatic heterocycles. The third-order valence-electron chi connectivity index (χ3n) is 4.66. The lowest BCUT2D eigenvalue weighted by Crippen LogP contribution is -2.36. The van der Waals surface area contributed by atoms with Gasteiger partial charge in [-0.25, -0.2) is 0 Å². The van der Waals surface area contributed by atoms with Crippen LogP contribution in [0.3, 0.4) is 0 Å². The molecule has 0 radical (unpaired) electrons. The van der Waals surface area contributed by atoms with Gasteiger partial charge in [0.05, 0.1) is 18.7 Å². The van der Waals surface area contributed by atoms with Crippen LogP contribution in [0.15, 0.2) is 53.0 Å². The number of benzene rings is 2. The fourth-order valence-electron chi connectivity index (χ4n) is 3.27. The van der Waals surface area contributed by atoms with Gasteiger partial charge < -0.3 is 10.1 Å². The Morgan fingerprint density at radius 2 is 1.84 bits per heavy atom. The summed E-state index contributed by atoms with van der Waals surface area (Å²) in [5.41, 5.74) is 1.87. The van der Waals surface area contributed by atoms with Crippen LogP contribution in [0.5, 0.6) is 5.75 Å². The van der Waals surface area contributed by atoms with Crippen molar-refractivity contribution in [3.8, 4) is 5.75 Å². The second-order valence-corrected chi connectivity index (χ2v) is 7.08. The van der Waals surface area contributed by atoms with Crippen molar-refractivity contribution in [1.29, 1.82) is 0 Å². The van der Waals surface area contributed by atoms with E-state index in [0.29, 0.717) is 12.1 Å². The number of rotatable bonds is 6. The molecule has 0 spiro atoms. The third kappa shape index (κ3) is 4.41. The van der Waals surface area contributed by atoms with E-state index in [0.717, 1.165) is 23.3 Å². The summed E-state index contributed by atoms with van der Waals surface area (Å²) in [4.78, 5) is 15.0. The highest BCUT2D eigenvalue weighted by Gasteiger charge is 2.24. The zero-order valence-corrected chi connectivity index (χ0v) is 16.0. The molecular formula is C20H23BrN2O2. The smallest absolute Gasteiger partial charge is 0.252 e. The van der Waals surface area contributed by atoms with Gasteiger partial charge in [-0.05, 0) is 71.7 Å². The molecule has 0 unspecified atom stereocenters. The minimum absolute atomic E-state index is 0.0508. The number of hydrogen-bond donors (Lipinski definition) is 1. The van der Waals surface area contributed by atoms with E-state index in [-0.39, 0.29) is 11.9 Å². The summed E-state index contributed by atoms with van der Waals surface area (Å²) in [5.74, 6) is 0.798. The molecule has 1 aliphatic rings. The summed E-state index contributed by atoms with van der Waals surface area (Å²) in [6.07, 6.45) is 2.43. The van der Waals surface area contributed by atoms with Gasteiger partial charge in [0.25, 0.3) is 5.91 Å². The number of carbonyl (C=O) groups excluding carboxylic acids is 1. The van der Waals surface area contributed by atoms with Gasteiger partial charge in [-0.2, -0.15) is 0 Å². The summed E-state index contributed by atoms with van der Waals surface area (Å²) >= 11 is 3.45. The van der Waals surface area contributed by atoms with Crippen LogP contribution >= 0.6 is 15.9 Å². The van der Waals surface area contributed by atoms with Crippen LogP contribution in [0.1, 0.15) is 34.8 Å². The number of amides is 1. The molecule has 0 bridgehead atoms. The van der Waals surface area contributed by atoms with Gasteiger partial charge >= 0.3 is 0 Å². The van der Waals surface area contributed by atoms with Crippen molar-refractivity contribution in [2.75, 3.05) is 26.7 Å². The van der Waals surface area contributed by atoms with E-state index < -0.39 is 0 Å². The van der Waals surface area contributed by atoms with Crippen molar-refractivity contribution >= 4 is 21.8 Å². The van der Waals surface area contributed by atoms with Gasteiger partial charge in [0, 0.05) is 11.0 Å². The number of nitrogens with zero attached hydrogens (tertiary/aromatic N) is 1. The first kappa shape index (κ1) is 18.0. The first-order chi connectivity index (χ1) is 12.2. The zero-order chi connectivity index (χ0) is 17.6. The second kappa shape index (κ2) is 8.50. The second-order valence-electron chi connectivity index (χ2n) is 6.22. The molecule has 1 heterocycles. The number of carbonyl (C=O) groups is 1. The highest BCUT2D eigenvalue weighted by molar-refractivity contribution is 9.10. The highest BCUT2D eigenvalue weighted by Crippen LogP contribution is 2.26. The Balaban J connectivity index is 1.73. The maximum absolute atomic E-state index is 12.5. The van der Waals surface area contributed by atoms with Crippen LogP contribution in [0.25, 0.3) is 0 Å². The van der Waals surface area contributed by atoms with Crippen LogP contribution in [0.2, 0.25) is 0 Å².